The third-order valence-electron chi connectivity index (χ3n) is 0.773. The van der Waals surface area contributed by atoms with E-state index in [4.69, 9.17) is 5.11 Å². The monoisotopic (exact) mass is 126 g/mol. The van der Waals surface area contributed by atoms with Gasteiger partial charge in [-0.15, -0.1) is 0 Å². The van der Waals surface area contributed by atoms with E-state index in [-0.39, 0.29) is 5.76 Å². The maximum Gasteiger partial charge on any atom is 0.145 e. The highest BCUT2D eigenvalue weighted by Crippen LogP contribution is 1.90. The Hall–Kier alpha value is -1.05. The lowest BCUT2D eigenvalue weighted by molar-refractivity contribution is -0.104. The van der Waals surface area contributed by atoms with Gasteiger partial charge >= 0.3 is 0 Å². The van der Waals surface area contributed by atoms with E-state index < -0.39 is 0 Å². The Kier molecular flexibility index (Phi) is 3.44. The van der Waals surface area contributed by atoms with Crippen LogP contribution in [0.3, 0.4) is 0 Å². The summed E-state index contributed by atoms with van der Waals surface area (Å²) in [6, 6.07) is 0. The Labute approximate surface area is 54.5 Å². The standard InChI is InChI=1S/C7H10O2/c1-6(5-8)3-4-7(2)9/h3-5,9H,1-2H3/b6-3+,7-4+. The van der Waals surface area contributed by atoms with E-state index in [1.54, 1.807) is 19.9 Å². The summed E-state index contributed by atoms with van der Waals surface area (Å²) in [6.07, 6.45) is 3.77. The molecule has 0 saturated carbocycles. The Bertz CT molecular complexity index is 150. The fourth-order valence-electron chi connectivity index (χ4n) is 0.291. The molecule has 0 aliphatic carbocycles. The Morgan fingerprint density at radius 1 is 1.33 bits per heavy atom. The Morgan fingerprint density at radius 2 is 1.89 bits per heavy atom. The van der Waals surface area contributed by atoms with Crippen molar-refractivity contribution in [1.29, 1.82) is 0 Å². The molecule has 0 atom stereocenters. The van der Waals surface area contributed by atoms with E-state index in [9.17, 15) is 4.79 Å². The van der Waals surface area contributed by atoms with Crippen LogP contribution in [0, 0.1) is 0 Å². The normalized spacial score (nSPS) is 13.6. The van der Waals surface area contributed by atoms with Gasteiger partial charge in [-0.2, -0.15) is 0 Å². The van der Waals surface area contributed by atoms with Crippen molar-refractivity contribution >= 4 is 6.29 Å². The summed E-state index contributed by atoms with van der Waals surface area (Å²) < 4.78 is 0. The van der Waals surface area contributed by atoms with E-state index in [2.05, 4.69) is 0 Å². The molecule has 0 aromatic carbocycles. The van der Waals surface area contributed by atoms with Gasteiger partial charge in [-0.1, -0.05) is 6.08 Å². The SMILES string of the molecule is C/C(O)=C\C=C(/C)C=O. The molecule has 0 amide bonds. The largest absolute Gasteiger partial charge is 0.513 e. The molecule has 0 aliphatic heterocycles. The second-order valence-corrected chi connectivity index (χ2v) is 1.84. The lowest BCUT2D eigenvalue weighted by Gasteiger charge is -1.83. The average molecular weight is 126 g/mol. The minimum Gasteiger partial charge on any atom is -0.513 e. The number of carbonyl (C=O) groups excluding carboxylic acids is 1. The van der Waals surface area contributed by atoms with Gasteiger partial charge in [0.2, 0.25) is 0 Å². The van der Waals surface area contributed by atoms with Crippen LogP contribution in [-0.4, -0.2) is 11.4 Å². The zero-order valence-corrected chi connectivity index (χ0v) is 5.59. The molecule has 2 heteroatoms. The molecule has 1 N–H and O–H groups in total. The van der Waals surface area contributed by atoms with Crippen molar-refractivity contribution in [2.24, 2.45) is 0 Å². The Morgan fingerprint density at radius 3 is 2.22 bits per heavy atom. The van der Waals surface area contributed by atoms with Crippen molar-refractivity contribution in [3.63, 3.8) is 0 Å². The average Bonchev–Trinajstić information content (AvgIpc) is 1.83. The molecular weight excluding hydrogens is 116 g/mol. The highest BCUT2D eigenvalue weighted by Gasteiger charge is 1.79. The molecule has 0 unspecified atom stereocenters. The van der Waals surface area contributed by atoms with Gasteiger partial charge in [0.15, 0.2) is 0 Å². The summed E-state index contributed by atoms with van der Waals surface area (Å²) in [6.45, 7) is 3.22. The summed E-state index contributed by atoms with van der Waals surface area (Å²) >= 11 is 0. The van der Waals surface area contributed by atoms with Crippen LogP contribution in [0.1, 0.15) is 13.8 Å². The van der Waals surface area contributed by atoms with Gasteiger partial charge in [0.25, 0.3) is 0 Å². The summed E-state index contributed by atoms with van der Waals surface area (Å²) in [4.78, 5) is 9.94. The van der Waals surface area contributed by atoms with Gasteiger partial charge in [0.1, 0.15) is 6.29 Å². The van der Waals surface area contributed by atoms with Crippen LogP contribution in [0.25, 0.3) is 0 Å². The molecule has 0 heterocycles. The van der Waals surface area contributed by atoms with Crippen molar-refractivity contribution in [3.05, 3.63) is 23.5 Å². The second-order valence-electron chi connectivity index (χ2n) is 1.84. The maximum absolute atomic E-state index is 9.94. The molecule has 50 valence electrons. The zero-order chi connectivity index (χ0) is 7.28. The van der Waals surface area contributed by atoms with Crippen LogP contribution < -0.4 is 0 Å². The highest BCUT2D eigenvalue weighted by atomic mass is 16.3. The molecule has 0 radical (unpaired) electrons. The predicted octanol–water partition coefficient (Wildman–Crippen LogP) is 1.59. The number of hydrogen-bond acceptors (Lipinski definition) is 2. The van der Waals surface area contributed by atoms with E-state index in [0.29, 0.717) is 5.57 Å². The van der Waals surface area contributed by atoms with Crippen LogP contribution in [0.2, 0.25) is 0 Å². The van der Waals surface area contributed by atoms with Crippen molar-refractivity contribution in [3.8, 4) is 0 Å². The number of aliphatic hydroxyl groups excluding tert-OH is 1. The molecule has 0 bridgehead atoms. The van der Waals surface area contributed by atoms with Crippen LogP contribution >= 0.6 is 0 Å². The van der Waals surface area contributed by atoms with Crippen molar-refractivity contribution in [2.45, 2.75) is 13.8 Å². The van der Waals surface area contributed by atoms with Crippen molar-refractivity contribution in [2.75, 3.05) is 0 Å². The number of aldehydes is 1. The van der Waals surface area contributed by atoms with E-state index in [0.717, 1.165) is 6.29 Å². The number of carbonyl (C=O) groups is 1. The van der Waals surface area contributed by atoms with E-state index in [1.807, 2.05) is 0 Å². The third kappa shape index (κ3) is 4.81. The number of rotatable bonds is 2. The molecule has 9 heavy (non-hydrogen) atoms. The smallest absolute Gasteiger partial charge is 0.145 e. The third-order valence-corrected chi connectivity index (χ3v) is 0.773. The van der Waals surface area contributed by atoms with Gasteiger partial charge in [-0.05, 0) is 25.5 Å². The van der Waals surface area contributed by atoms with Crippen LogP contribution in [0.5, 0.6) is 0 Å². The summed E-state index contributed by atoms with van der Waals surface area (Å²) in [5, 5.41) is 8.60. The second kappa shape index (κ2) is 3.89. The summed E-state index contributed by atoms with van der Waals surface area (Å²) in [5.74, 6) is 0.205. The molecule has 0 spiro atoms. The topological polar surface area (TPSA) is 37.3 Å². The molecular formula is C7H10O2. The van der Waals surface area contributed by atoms with Gasteiger partial charge in [0, 0.05) is 0 Å². The lowest BCUT2D eigenvalue weighted by Crippen LogP contribution is -1.74. The van der Waals surface area contributed by atoms with Crippen molar-refractivity contribution < 1.29 is 9.90 Å². The van der Waals surface area contributed by atoms with Crippen LogP contribution in [-0.2, 0) is 4.79 Å². The van der Waals surface area contributed by atoms with Gasteiger partial charge in [-0.3, -0.25) is 4.79 Å². The lowest BCUT2D eigenvalue weighted by atomic mass is 10.3. The van der Waals surface area contributed by atoms with Crippen LogP contribution in [0.4, 0.5) is 0 Å². The predicted molar refractivity (Wildman–Crippen MR) is 36.2 cm³/mol. The Balaban J connectivity index is 3.98. The summed E-state index contributed by atoms with van der Waals surface area (Å²) in [5.41, 5.74) is 0.600. The number of aliphatic hydroxyl groups is 1. The first-order chi connectivity index (χ1) is 4.16. The molecule has 0 saturated heterocycles. The molecule has 0 rings (SSSR count). The molecule has 2 nitrogen and oxygen atoms in total. The van der Waals surface area contributed by atoms with E-state index >= 15 is 0 Å². The maximum atomic E-state index is 9.94. The van der Waals surface area contributed by atoms with Gasteiger partial charge in [-0.25, -0.2) is 0 Å². The fourth-order valence-corrected chi connectivity index (χ4v) is 0.291. The highest BCUT2D eigenvalue weighted by molar-refractivity contribution is 5.72. The zero-order valence-electron chi connectivity index (χ0n) is 5.59. The van der Waals surface area contributed by atoms with E-state index in [1.165, 1.54) is 6.08 Å². The first-order valence-corrected chi connectivity index (χ1v) is 2.66. The minimum absolute atomic E-state index is 0.205. The summed E-state index contributed by atoms with van der Waals surface area (Å²) in [7, 11) is 0. The van der Waals surface area contributed by atoms with Gasteiger partial charge in [0.05, 0.1) is 5.76 Å². The molecule has 0 aromatic rings. The quantitative estimate of drug-likeness (QED) is 0.264. The molecule has 0 aliphatic rings. The molecule has 0 fully saturated rings. The number of allylic oxidation sites excluding steroid dienone is 4. The van der Waals surface area contributed by atoms with Crippen LogP contribution in [0.15, 0.2) is 23.5 Å². The van der Waals surface area contributed by atoms with Crippen molar-refractivity contribution in [1.82, 2.24) is 0 Å². The number of hydrogen-bond donors (Lipinski definition) is 1. The first-order valence-electron chi connectivity index (χ1n) is 2.66. The first kappa shape index (κ1) is 7.95. The minimum atomic E-state index is 0.205. The fraction of sp³-hybridized carbons (Fsp3) is 0.286. The molecule has 0 aromatic heterocycles. The van der Waals surface area contributed by atoms with Gasteiger partial charge < -0.3 is 5.11 Å².